The van der Waals surface area contributed by atoms with Crippen molar-refractivity contribution in [2.24, 2.45) is 5.92 Å². The molecule has 0 amide bonds. The molecule has 0 saturated heterocycles. The summed E-state index contributed by atoms with van der Waals surface area (Å²) < 4.78 is 11.0. The van der Waals surface area contributed by atoms with Crippen LogP contribution in [0, 0.1) is 5.92 Å². The minimum atomic E-state index is 0.646. The molecule has 0 aliphatic carbocycles. The standard InChI is InChI=1S/C15H28N2O2/c1-5-16-10-14-6-7-15(19-14)12-17(8-9-18-4)11-13(2)3/h6-7,13,16H,5,8-12H2,1-4H3. The Hall–Kier alpha value is -0.840. The summed E-state index contributed by atoms with van der Waals surface area (Å²) in [5, 5.41) is 3.27. The Labute approximate surface area is 117 Å². The van der Waals surface area contributed by atoms with Crippen molar-refractivity contribution in [1.82, 2.24) is 10.2 Å². The lowest BCUT2D eigenvalue weighted by atomic mass is 10.2. The van der Waals surface area contributed by atoms with Gasteiger partial charge in [-0.3, -0.25) is 4.90 Å². The third-order valence-corrected chi connectivity index (χ3v) is 2.88. The molecular weight excluding hydrogens is 240 g/mol. The van der Waals surface area contributed by atoms with E-state index in [1.54, 1.807) is 7.11 Å². The normalized spacial score (nSPS) is 11.7. The van der Waals surface area contributed by atoms with Crippen LogP contribution in [0.25, 0.3) is 0 Å². The Kier molecular flexibility index (Phi) is 7.79. The molecule has 4 nitrogen and oxygen atoms in total. The SMILES string of the molecule is CCNCc1ccc(CN(CCOC)CC(C)C)o1. The van der Waals surface area contributed by atoms with Gasteiger partial charge in [0.1, 0.15) is 11.5 Å². The summed E-state index contributed by atoms with van der Waals surface area (Å²) in [7, 11) is 1.75. The first-order chi connectivity index (χ1) is 9.15. The highest BCUT2D eigenvalue weighted by Gasteiger charge is 2.10. The first-order valence-electron chi connectivity index (χ1n) is 7.15. The van der Waals surface area contributed by atoms with Crippen LogP contribution in [-0.2, 0) is 17.8 Å². The molecule has 1 N–H and O–H groups in total. The lowest BCUT2D eigenvalue weighted by molar-refractivity contribution is 0.130. The summed E-state index contributed by atoms with van der Waals surface area (Å²) in [4.78, 5) is 2.38. The second-order valence-corrected chi connectivity index (χ2v) is 5.27. The summed E-state index contributed by atoms with van der Waals surface area (Å²) in [6, 6.07) is 4.13. The molecule has 0 atom stereocenters. The van der Waals surface area contributed by atoms with E-state index in [1.165, 1.54) is 0 Å². The maximum atomic E-state index is 5.83. The van der Waals surface area contributed by atoms with E-state index in [0.717, 1.165) is 50.9 Å². The number of methoxy groups -OCH3 is 1. The Morgan fingerprint density at radius 2 is 2.05 bits per heavy atom. The molecule has 110 valence electrons. The van der Waals surface area contributed by atoms with E-state index in [-0.39, 0.29) is 0 Å². The molecule has 19 heavy (non-hydrogen) atoms. The Bertz CT molecular complexity index is 337. The van der Waals surface area contributed by atoms with Gasteiger partial charge in [-0.1, -0.05) is 20.8 Å². The Balaban J connectivity index is 2.49. The second-order valence-electron chi connectivity index (χ2n) is 5.27. The molecule has 4 heteroatoms. The van der Waals surface area contributed by atoms with E-state index in [9.17, 15) is 0 Å². The van der Waals surface area contributed by atoms with Crippen molar-refractivity contribution in [1.29, 1.82) is 0 Å². The van der Waals surface area contributed by atoms with Crippen molar-refractivity contribution in [2.45, 2.75) is 33.9 Å². The van der Waals surface area contributed by atoms with Gasteiger partial charge < -0.3 is 14.5 Å². The second kappa shape index (κ2) is 9.13. The van der Waals surface area contributed by atoms with Crippen LogP contribution in [0.1, 0.15) is 32.3 Å². The van der Waals surface area contributed by atoms with Gasteiger partial charge in [0, 0.05) is 20.2 Å². The number of rotatable bonds is 10. The monoisotopic (exact) mass is 268 g/mol. The molecule has 0 aliphatic heterocycles. The highest BCUT2D eigenvalue weighted by atomic mass is 16.5. The quantitative estimate of drug-likeness (QED) is 0.707. The van der Waals surface area contributed by atoms with Crippen LogP contribution in [0.2, 0.25) is 0 Å². The van der Waals surface area contributed by atoms with Gasteiger partial charge in [-0.15, -0.1) is 0 Å². The van der Waals surface area contributed by atoms with E-state index in [4.69, 9.17) is 9.15 Å². The van der Waals surface area contributed by atoms with Gasteiger partial charge >= 0.3 is 0 Å². The van der Waals surface area contributed by atoms with Crippen LogP contribution in [0.5, 0.6) is 0 Å². The van der Waals surface area contributed by atoms with Gasteiger partial charge in [-0.25, -0.2) is 0 Å². The van der Waals surface area contributed by atoms with Crippen molar-refractivity contribution < 1.29 is 9.15 Å². The van der Waals surface area contributed by atoms with Gasteiger partial charge in [-0.05, 0) is 24.6 Å². The van der Waals surface area contributed by atoms with E-state index < -0.39 is 0 Å². The summed E-state index contributed by atoms with van der Waals surface area (Å²) in [5.41, 5.74) is 0. The number of ether oxygens (including phenoxy) is 1. The fourth-order valence-corrected chi connectivity index (χ4v) is 2.04. The van der Waals surface area contributed by atoms with Gasteiger partial charge in [0.25, 0.3) is 0 Å². The largest absolute Gasteiger partial charge is 0.463 e. The van der Waals surface area contributed by atoms with E-state index in [1.807, 2.05) is 0 Å². The number of hydrogen-bond donors (Lipinski definition) is 1. The maximum absolute atomic E-state index is 5.83. The minimum Gasteiger partial charge on any atom is -0.463 e. The van der Waals surface area contributed by atoms with Crippen molar-refractivity contribution in [3.05, 3.63) is 23.7 Å². The number of furan rings is 1. The van der Waals surface area contributed by atoms with Crippen LogP contribution in [0.4, 0.5) is 0 Å². The Morgan fingerprint density at radius 1 is 1.32 bits per heavy atom. The highest BCUT2D eigenvalue weighted by molar-refractivity contribution is 5.07. The maximum Gasteiger partial charge on any atom is 0.118 e. The fourth-order valence-electron chi connectivity index (χ4n) is 2.04. The summed E-state index contributed by atoms with van der Waals surface area (Å²) in [5.74, 6) is 2.69. The molecule has 0 aromatic carbocycles. The molecule has 1 aromatic heterocycles. The van der Waals surface area contributed by atoms with Gasteiger partial charge in [0.2, 0.25) is 0 Å². The van der Waals surface area contributed by atoms with E-state index >= 15 is 0 Å². The summed E-state index contributed by atoms with van der Waals surface area (Å²) in [6.45, 7) is 12.0. The molecule has 1 heterocycles. The van der Waals surface area contributed by atoms with Crippen LogP contribution < -0.4 is 5.32 Å². The number of nitrogens with one attached hydrogen (secondary N) is 1. The lowest BCUT2D eigenvalue weighted by Crippen LogP contribution is -2.30. The van der Waals surface area contributed by atoms with Crippen LogP contribution in [0.15, 0.2) is 16.5 Å². The first-order valence-corrected chi connectivity index (χ1v) is 7.15. The summed E-state index contributed by atoms with van der Waals surface area (Å²) in [6.07, 6.45) is 0. The predicted octanol–water partition coefficient (Wildman–Crippen LogP) is 2.49. The molecule has 0 radical (unpaired) electrons. The zero-order valence-electron chi connectivity index (χ0n) is 12.7. The Morgan fingerprint density at radius 3 is 2.68 bits per heavy atom. The minimum absolute atomic E-state index is 0.646. The molecule has 0 bridgehead atoms. The third-order valence-electron chi connectivity index (χ3n) is 2.88. The number of hydrogen-bond acceptors (Lipinski definition) is 4. The summed E-state index contributed by atoms with van der Waals surface area (Å²) >= 11 is 0. The van der Waals surface area contributed by atoms with Crippen molar-refractivity contribution in [3.8, 4) is 0 Å². The number of nitrogens with zero attached hydrogens (tertiary/aromatic N) is 1. The topological polar surface area (TPSA) is 37.6 Å². The van der Waals surface area contributed by atoms with Crippen molar-refractivity contribution in [3.63, 3.8) is 0 Å². The first kappa shape index (κ1) is 16.2. The molecular formula is C15H28N2O2. The molecule has 1 aromatic rings. The average molecular weight is 268 g/mol. The van der Waals surface area contributed by atoms with Crippen LogP contribution in [0.3, 0.4) is 0 Å². The van der Waals surface area contributed by atoms with E-state index in [2.05, 4.69) is 43.1 Å². The van der Waals surface area contributed by atoms with Crippen LogP contribution >= 0.6 is 0 Å². The zero-order chi connectivity index (χ0) is 14.1. The van der Waals surface area contributed by atoms with Gasteiger partial charge in [0.05, 0.1) is 19.7 Å². The fraction of sp³-hybridized carbons (Fsp3) is 0.733. The van der Waals surface area contributed by atoms with Gasteiger partial charge in [-0.2, -0.15) is 0 Å². The molecule has 0 aliphatic rings. The molecule has 0 saturated carbocycles. The smallest absolute Gasteiger partial charge is 0.118 e. The predicted molar refractivity (Wildman–Crippen MR) is 78.1 cm³/mol. The van der Waals surface area contributed by atoms with Crippen LogP contribution in [-0.4, -0.2) is 38.3 Å². The molecule has 0 unspecified atom stereocenters. The third kappa shape index (κ3) is 6.76. The molecule has 0 spiro atoms. The van der Waals surface area contributed by atoms with E-state index in [0.29, 0.717) is 5.92 Å². The molecule has 0 fully saturated rings. The lowest BCUT2D eigenvalue weighted by Gasteiger charge is -2.22. The van der Waals surface area contributed by atoms with Gasteiger partial charge in [0.15, 0.2) is 0 Å². The zero-order valence-corrected chi connectivity index (χ0v) is 12.7. The average Bonchev–Trinajstić information content (AvgIpc) is 2.80. The highest BCUT2D eigenvalue weighted by Crippen LogP contribution is 2.12. The van der Waals surface area contributed by atoms with Crippen molar-refractivity contribution >= 4 is 0 Å². The molecule has 1 rings (SSSR count). The van der Waals surface area contributed by atoms with Crippen molar-refractivity contribution in [2.75, 3.05) is 33.4 Å².